The summed E-state index contributed by atoms with van der Waals surface area (Å²) in [6, 6.07) is 16.4. The normalized spacial score (nSPS) is 15.2. The molecule has 37 heavy (non-hydrogen) atoms. The molecule has 0 spiro atoms. The van der Waals surface area contributed by atoms with Crippen LogP contribution in [0, 0.1) is 13.8 Å². The average molecular weight is 498 g/mol. The second-order valence-electron chi connectivity index (χ2n) is 9.63. The Hall–Kier alpha value is -3.98. The minimum Gasteiger partial charge on any atom is -0.383 e. The minimum absolute atomic E-state index is 0.162. The lowest BCUT2D eigenvalue weighted by Crippen LogP contribution is -2.46. The van der Waals surface area contributed by atoms with Gasteiger partial charge in [-0.05, 0) is 26.7 Å². The minimum atomic E-state index is -1.11. The number of amides is 1. The third kappa shape index (κ3) is 5.56. The zero-order valence-corrected chi connectivity index (χ0v) is 21.2. The van der Waals surface area contributed by atoms with Gasteiger partial charge in [0.25, 0.3) is 5.91 Å². The van der Waals surface area contributed by atoms with Gasteiger partial charge >= 0.3 is 0 Å². The fraction of sp³-hybridized carbons (Fsp3) is 0.357. The maximum absolute atomic E-state index is 13.0. The van der Waals surface area contributed by atoms with Gasteiger partial charge in [-0.3, -0.25) is 9.69 Å². The number of aliphatic hydroxyl groups is 1. The second-order valence-corrected chi connectivity index (χ2v) is 9.63. The van der Waals surface area contributed by atoms with E-state index in [0.717, 1.165) is 65.7 Å². The van der Waals surface area contributed by atoms with Crippen LogP contribution < -0.4 is 4.90 Å². The second kappa shape index (κ2) is 11.0. The predicted molar refractivity (Wildman–Crippen MR) is 141 cm³/mol. The zero-order valence-electron chi connectivity index (χ0n) is 21.2. The number of aromatic nitrogens is 6. The molecule has 9 heteroatoms. The summed E-state index contributed by atoms with van der Waals surface area (Å²) in [5.74, 6) is 0.951. The van der Waals surface area contributed by atoms with Gasteiger partial charge in [0.05, 0.1) is 17.1 Å². The Bertz CT molecular complexity index is 1350. The molecule has 190 valence electrons. The fourth-order valence-electron chi connectivity index (χ4n) is 4.61. The van der Waals surface area contributed by atoms with Crippen LogP contribution in [-0.2, 0) is 17.6 Å². The number of anilines is 1. The van der Waals surface area contributed by atoms with Crippen LogP contribution in [0.2, 0.25) is 0 Å². The molecule has 1 amide bonds. The van der Waals surface area contributed by atoms with E-state index in [1.165, 1.54) is 0 Å². The summed E-state index contributed by atoms with van der Waals surface area (Å²) in [6.07, 6.45) is 3.49. The number of nitrogens with zero attached hydrogens (tertiary/aromatic N) is 6. The lowest BCUT2D eigenvalue weighted by atomic mass is 10.00. The number of H-pyrrole nitrogens is 1. The summed E-state index contributed by atoms with van der Waals surface area (Å²) in [7, 11) is 0. The molecule has 5 rings (SSSR count). The predicted octanol–water partition coefficient (Wildman–Crippen LogP) is 3.99. The molecule has 0 fully saturated rings. The van der Waals surface area contributed by atoms with Crippen molar-refractivity contribution in [2.45, 2.75) is 58.5 Å². The van der Waals surface area contributed by atoms with E-state index in [4.69, 9.17) is 9.97 Å². The first-order valence-corrected chi connectivity index (χ1v) is 12.8. The van der Waals surface area contributed by atoms with Crippen molar-refractivity contribution >= 4 is 11.7 Å². The number of rotatable bonds is 9. The largest absolute Gasteiger partial charge is 0.383 e. The number of aryl methyl sites for hydroxylation is 3. The van der Waals surface area contributed by atoms with Gasteiger partial charge in [-0.1, -0.05) is 77.7 Å². The van der Waals surface area contributed by atoms with Gasteiger partial charge in [-0.15, -0.1) is 10.2 Å². The van der Waals surface area contributed by atoms with Crippen molar-refractivity contribution in [2.75, 3.05) is 11.4 Å². The summed E-state index contributed by atoms with van der Waals surface area (Å²) in [6.45, 7) is 4.58. The Morgan fingerprint density at radius 1 is 0.892 bits per heavy atom. The van der Waals surface area contributed by atoms with Gasteiger partial charge in [-0.2, -0.15) is 5.21 Å². The maximum atomic E-state index is 13.0. The van der Waals surface area contributed by atoms with Crippen molar-refractivity contribution in [3.63, 3.8) is 0 Å². The zero-order chi connectivity index (χ0) is 25.8. The van der Waals surface area contributed by atoms with E-state index in [-0.39, 0.29) is 12.3 Å². The van der Waals surface area contributed by atoms with E-state index in [1.54, 1.807) is 4.90 Å². The van der Waals surface area contributed by atoms with Crippen LogP contribution in [-0.4, -0.2) is 54.3 Å². The molecule has 0 bridgehead atoms. The molecule has 0 saturated carbocycles. The molecule has 0 saturated heterocycles. The van der Waals surface area contributed by atoms with Crippen molar-refractivity contribution in [3.8, 4) is 22.5 Å². The van der Waals surface area contributed by atoms with Crippen LogP contribution in [0.25, 0.3) is 22.5 Å². The number of fused-ring (bicyclic) bond motifs is 1. The number of unbranched alkanes of at least 4 members (excludes halogenated alkanes) is 3. The number of aromatic amines is 1. The van der Waals surface area contributed by atoms with Crippen molar-refractivity contribution in [1.29, 1.82) is 0 Å². The van der Waals surface area contributed by atoms with Gasteiger partial charge in [0.2, 0.25) is 0 Å². The maximum Gasteiger partial charge on any atom is 0.257 e. The van der Waals surface area contributed by atoms with E-state index in [1.807, 2.05) is 38.1 Å². The molecule has 1 unspecified atom stereocenters. The van der Waals surface area contributed by atoms with Gasteiger partial charge in [0.15, 0.2) is 11.6 Å². The number of hydrogen-bond acceptors (Lipinski definition) is 7. The van der Waals surface area contributed by atoms with Gasteiger partial charge in [-0.25, -0.2) is 9.97 Å². The van der Waals surface area contributed by atoms with E-state index in [9.17, 15) is 9.90 Å². The van der Waals surface area contributed by atoms with Crippen LogP contribution in [0.5, 0.6) is 0 Å². The number of tetrazole rings is 1. The summed E-state index contributed by atoms with van der Waals surface area (Å²) in [4.78, 5) is 24.7. The van der Waals surface area contributed by atoms with Crippen LogP contribution >= 0.6 is 0 Å². The first kappa shape index (κ1) is 24.7. The molecule has 2 aromatic heterocycles. The first-order chi connectivity index (χ1) is 18.0. The third-order valence-corrected chi connectivity index (χ3v) is 6.71. The van der Waals surface area contributed by atoms with Crippen molar-refractivity contribution in [1.82, 2.24) is 30.6 Å². The number of aliphatic hydroxyl groups excluding tert-OH is 1. The van der Waals surface area contributed by atoms with Gasteiger partial charge in [0.1, 0.15) is 6.10 Å². The van der Waals surface area contributed by atoms with Crippen LogP contribution in [0.4, 0.5) is 5.82 Å². The van der Waals surface area contributed by atoms with E-state index in [0.29, 0.717) is 23.9 Å². The molecule has 1 aliphatic rings. The Morgan fingerprint density at radius 2 is 1.51 bits per heavy atom. The molecule has 0 radical (unpaired) electrons. The Labute approximate surface area is 216 Å². The van der Waals surface area contributed by atoms with Gasteiger partial charge < -0.3 is 5.11 Å². The number of carbonyl (C=O) groups is 1. The number of hydrogen-bond donors (Lipinski definition) is 2. The van der Waals surface area contributed by atoms with Crippen LogP contribution in [0.1, 0.15) is 48.3 Å². The highest BCUT2D eigenvalue weighted by Crippen LogP contribution is 2.35. The number of benzene rings is 2. The Balaban J connectivity index is 1.42. The molecular formula is C28H31N7O2. The summed E-state index contributed by atoms with van der Waals surface area (Å²) in [5.41, 5.74) is 6.35. The summed E-state index contributed by atoms with van der Waals surface area (Å²) in [5, 5.41) is 24.6. The van der Waals surface area contributed by atoms with Crippen molar-refractivity contribution in [3.05, 3.63) is 71.2 Å². The smallest absolute Gasteiger partial charge is 0.257 e. The number of nitrogens with one attached hydrogen (secondary N) is 1. The molecule has 9 nitrogen and oxygen atoms in total. The van der Waals surface area contributed by atoms with Crippen molar-refractivity contribution in [2.24, 2.45) is 0 Å². The molecule has 2 aromatic carbocycles. The van der Waals surface area contributed by atoms with Crippen LogP contribution in [0.15, 0.2) is 48.5 Å². The molecule has 4 aromatic rings. The standard InChI is InChI=1S/C28H31N7O2/c1-18-8-12-20(13-9-18)25-26(21-14-10-19(2)11-15-21)30-27-22(29-25)17-23(36)28(37)35(27)16-6-4-3-5-7-24-31-33-34-32-24/h8-15,23,36H,3-7,16-17H2,1-2H3,(H,31,32,33,34). The fourth-order valence-corrected chi connectivity index (χ4v) is 4.61. The van der Waals surface area contributed by atoms with E-state index < -0.39 is 6.10 Å². The lowest BCUT2D eigenvalue weighted by Gasteiger charge is -2.31. The molecule has 0 aliphatic carbocycles. The quantitative estimate of drug-likeness (QED) is 0.335. The van der Waals surface area contributed by atoms with Crippen molar-refractivity contribution < 1.29 is 9.90 Å². The van der Waals surface area contributed by atoms with E-state index >= 15 is 0 Å². The molecule has 3 heterocycles. The topological polar surface area (TPSA) is 121 Å². The average Bonchev–Trinajstić information content (AvgIpc) is 3.42. The molecule has 2 N–H and O–H groups in total. The highest BCUT2D eigenvalue weighted by molar-refractivity contribution is 5.99. The number of carbonyl (C=O) groups excluding carboxylic acids is 1. The van der Waals surface area contributed by atoms with E-state index in [2.05, 4.69) is 44.9 Å². The Kier molecular flexibility index (Phi) is 7.32. The summed E-state index contributed by atoms with van der Waals surface area (Å²) < 4.78 is 0. The molecule has 1 atom stereocenters. The highest BCUT2D eigenvalue weighted by Gasteiger charge is 2.34. The SMILES string of the molecule is Cc1ccc(-c2nc3c(nc2-c2ccc(C)cc2)N(CCCCCCc2nn[nH]n2)C(=O)C(O)C3)cc1. The van der Waals surface area contributed by atoms with Gasteiger partial charge in [0, 0.05) is 30.5 Å². The third-order valence-electron chi connectivity index (χ3n) is 6.71. The first-order valence-electron chi connectivity index (χ1n) is 12.8. The summed E-state index contributed by atoms with van der Waals surface area (Å²) >= 11 is 0. The monoisotopic (exact) mass is 497 g/mol. The molecular weight excluding hydrogens is 466 g/mol. The molecule has 1 aliphatic heterocycles. The lowest BCUT2D eigenvalue weighted by molar-refractivity contribution is -0.127. The highest BCUT2D eigenvalue weighted by atomic mass is 16.3. The van der Waals surface area contributed by atoms with Crippen LogP contribution in [0.3, 0.4) is 0 Å². The Morgan fingerprint density at radius 3 is 2.14 bits per heavy atom.